The van der Waals surface area contributed by atoms with Crippen LogP contribution in [-0.2, 0) is 9.53 Å². The third-order valence-corrected chi connectivity index (χ3v) is 4.01. The zero-order valence-electron chi connectivity index (χ0n) is 12.9. The molecule has 112 valence electrons. The molecule has 0 bridgehead atoms. The van der Waals surface area contributed by atoms with Crippen molar-refractivity contribution >= 4 is 5.91 Å². The second-order valence-electron chi connectivity index (χ2n) is 5.95. The van der Waals surface area contributed by atoms with Crippen LogP contribution in [0.4, 0.5) is 0 Å². The quantitative estimate of drug-likeness (QED) is 0.804. The van der Waals surface area contributed by atoms with E-state index in [9.17, 15) is 4.79 Å². The fraction of sp³-hybridized carbons (Fsp3) is 0.933. The number of rotatable bonds is 6. The molecule has 2 atom stereocenters. The van der Waals surface area contributed by atoms with Crippen molar-refractivity contribution in [2.45, 2.75) is 65.6 Å². The van der Waals surface area contributed by atoms with Crippen LogP contribution in [0.2, 0.25) is 0 Å². The Bertz CT molecular complexity index is 278. The van der Waals surface area contributed by atoms with Crippen molar-refractivity contribution in [1.82, 2.24) is 4.90 Å². The van der Waals surface area contributed by atoms with Gasteiger partial charge in [0.15, 0.2) is 0 Å². The highest BCUT2D eigenvalue weighted by Gasteiger charge is 2.40. The first kappa shape index (κ1) is 16.4. The highest BCUT2D eigenvalue weighted by Crippen LogP contribution is 2.32. The summed E-state index contributed by atoms with van der Waals surface area (Å²) in [6.07, 6.45) is 4.00. The topological polar surface area (TPSA) is 55.6 Å². The van der Waals surface area contributed by atoms with Gasteiger partial charge in [-0.25, -0.2) is 0 Å². The summed E-state index contributed by atoms with van der Waals surface area (Å²) in [6.45, 7) is 10.1. The number of hydrogen-bond donors (Lipinski definition) is 1. The lowest BCUT2D eigenvalue weighted by Gasteiger charge is -2.41. The third-order valence-electron chi connectivity index (χ3n) is 4.01. The maximum Gasteiger partial charge on any atom is 0.230 e. The third kappa shape index (κ3) is 3.93. The lowest BCUT2D eigenvalue weighted by Crippen LogP contribution is -2.55. The predicted molar refractivity (Wildman–Crippen MR) is 77.9 cm³/mol. The Labute approximate surface area is 117 Å². The predicted octanol–water partition coefficient (Wildman–Crippen LogP) is 2.17. The van der Waals surface area contributed by atoms with Gasteiger partial charge in [0, 0.05) is 19.6 Å². The number of ether oxygens (including phenoxy) is 1. The molecule has 2 N–H and O–H groups in total. The molecule has 19 heavy (non-hydrogen) atoms. The monoisotopic (exact) mass is 270 g/mol. The molecule has 1 amide bonds. The number of carbonyl (C=O) groups excluding carboxylic acids is 1. The Balaban J connectivity index is 2.85. The molecule has 1 saturated heterocycles. The van der Waals surface area contributed by atoms with Crippen LogP contribution >= 0.6 is 0 Å². The number of hydrogen-bond acceptors (Lipinski definition) is 3. The van der Waals surface area contributed by atoms with Gasteiger partial charge in [-0.2, -0.15) is 0 Å². The van der Waals surface area contributed by atoms with E-state index in [2.05, 4.69) is 13.8 Å². The first-order valence-corrected chi connectivity index (χ1v) is 7.64. The van der Waals surface area contributed by atoms with Crippen molar-refractivity contribution in [3.05, 3.63) is 0 Å². The molecule has 2 unspecified atom stereocenters. The summed E-state index contributed by atoms with van der Waals surface area (Å²) < 4.78 is 5.71. The smallest absolute Gasteiger partial charge is 0.230 e. The van der Waals surface area contributed by atoms with E-state index in [1.807, 2.05) is 18.7 Å². The molecule has 1 aliphatic rings. The minimum absolute atomic E-state index is 0.117. The van der Waals surface area contributed by atoms with Crippen LogP contribution in [0.25, 0.3) is 0 Å². The van der Waals surface area contributed by atoms with E-state index in [-0.39, 0.29) is 23.5 Å². The Hall–Kier alpha value is -0.610. The van der Waals surface area contributed by atoms with Crippen molar-refractivity contribution in [2.75, 3.05) is 19.6 Å². The van der Waals surface area contributed by atoms with Gasteiger partial charge in [-0.15, -0.1) is 0 Å². The molecule has 1 rings (SSSR count). The van der Waals surface area contributed by atoms with Gasteiger partial charge in [-0.1, -0.05) is 26.7 Å². The fourth-order valence-electron chi connectivity index (χ4n) is 3.27. The highest BCUT2D eigenvalue weighted by atomic mass is 16.5. The molecule has 1 aliphatic heterocycles. The molecule has 0 saturated carbocycles. The van der Waals surface area contributed by atoms with Crippen molar-refractivity contribution in [2.24, 2.45) is 11.1 Å². The van der Waals surface area contributed by atoms with Crippen molar-refractivity contribution < 1.29 is 9.53 Å². The standard InChI is InChI=1S/C15H30N2O2/c1-5-7-15(11-16,8-6-2)14(18)17-9-12(3)19-13(4)10-17/h12-13H,5-11,16H2,1-4H3. The zero-order chi connectivity index (χ0) is 14.5. The summed E-state index contributed by atoms with van der Waals surface area (Å²) in [6, 6.07) is 0. The van der Waals surface area contributed by atoms with E-state index in [0.717, 1.165) is 25.7 Å². The van der Waals surface area contributed by atoms with Crippen LogP contribution in [0.1, 0.15) is 53.4 Å². The van der Waals surface area contributed by atoms with E-state index in [0.29, 0.717) is 19.6 Å². The summed E-state index contributed by atoms with van der Waals surface area (Å²) >= 11 is 0. The largest absolute Gasteiger partial charge is 0.372 e. The van der Waals surface area contributed by atoms with Crippen LogP contribution in [0.5, 0.6) is 0 Å². The summed E-state index contributed by atoms with van der Waals surface area (Å²) in [7, 11) is 0. The SMILES string of the molecule is CCCC(CN)(CCC)C(=O)N1CC(C)OC(C)C1. The van der Waals surface area contributed by atoms with Gasteiger partial charge in [0.05, 0.1) is 17.6 Å². The van der Waals surface area contributed by atoms with Gasteiger partial charge in [-0.3, -0.25) is 4.79 Å². The fourth-order valence-corrected chi connectivity index (χ4v) is 3.27. The minimum Gasteiger partial charge on any atom is -0.372 e. The minimum atomic E-state index is -0.361. The molecule has 0 aromatic rings. The zero-order valence-corrected chi connectivity index (χ0v) is 12.9. The summed E-state index contributed by atoms with van der Waals surface area (Å²) in [5.74, 6) is 0.237. The van der Waals surface area contributed by atoms with Gasteiger partial charge in [0.25, 0.3) is 0 Å². The van der Waals surface area contributed by atoms with Crippen molar-refractivity contribution in [3.63, 3.8) is 0 Å². The van der Waals surface area contributed by atoms with E-state index >= 15 is 0 Å². The van der Waals surface area contributed by atoms with Crippen LogP contribution in [0, 0.1) is 5.41 Å². The van der Waals surface area contributed by atoms with Gasteiger partial charge < -0.3 is 15.4 Å². The molecule has 0 aromatic heterocycles. The molecule has 1 fully saturated rings. The lowest BCUT2D eigenvalue weighted by atomic mass is 9.77. The molecule has 0 radical (unpaired) electrons. The number of nitrogens with two attached hydrogens (primary N) is 1. The Morgan fingerprint density at radius 1 is 1.21 bits per heavy atom. The van der Waals surface area contributed by atoms with E-state index < -0.39 is 0 Å². The molecule has 4 nitrogen and oxygen atoms in total. The second-order valence-corrected chi connectivity index (χ2v) is 5.95. The summed E-state index contributed by atoms with van der Waals surface area (Å²) in [5.41, 5.74) is 5.62. The van der Waals surface area contributed by atoms with Crippen LogP contribution in [0.3, 0.4) is 0 Å². The number of nitrogens with zero attached hydrogens (tertiary/aromatic N) is 1. The average molecular weight is 270 g/mol. The Kier molecular flexibility index (Phi) is 6.27. The van der Waals surface area contributed by atoms with E-state index in [4.69, 9.17) is 10.5 Å². The number of morpholine rings is 1. The van der Waals surface area contributed by atoms with Gasteiger partial charge in [0.2, 0.25) is 5.91 Å². The van der Waals surface area contributed by atoms with Gasteiger partial charge >= 0.3 is 0 Å². The first-order chi connectivity index (χ1) is 8.99. The van der Waals surface area contributed by atoms with Gasteiger partial charge in [0.1, 0.15) is 0 Å². The normalized spacial score (nSPS) is 24.6. The Morgan fingerprint density at radius 2 is 1.68 bits per heavy atom. The molecule has 4 heteroatoms. The molecule has 0 aliphatic carbocycles. The first-order valence-electron chi connectivity index (χ1n) is 7.64. The maximum atomic E-state index is 12.9. The average Bonchev–Trinajstić information content (AvgIpc) is 2.36. The highest BCUT2D eigenvalue weighted by molar-refractivity contribution is 5.83. The second kappa shape index (κ2) is 7.25. The van der Waals surface area contributed by atoms with Gasteiger partial charge in [-0.05, 0) is 26.7 Å². The van der Waals surface area contributed by atoms with Crippen molar-refractivity contribution in [1.29, 1.82) is 0 Å². The number of amides is 1. The van der Waals surface area contributed by atoms with Crippen LogP contribution in [0.15, 0.2) is 0 Å². The lowest BCUT2D eigenvalue weighted by molar-refractivity contribution is -0.154. The number of carbonyl (C=O) groups is 1. The molecular weight excluding hydrogens is 240 g/mol. The van der Waals surface area contributed by atoms with Crippen molar-refractivity contribution in [3.8, 4) is 0 Å². The van der Waals surface area contributed by atoms with E-state index in [1.54, 1.807) is 0 Å². The summed E-state index contributed by atoms with van der Waals surface area (Å²) in [4.78, 5) is 14.9. The van der Waals surface area contributed by atoms with E-state index in [1.165, 1.54) is 0 Å². The Morgan fingerprint density at radius 3 is 2.05 bits per heavy atom. The maximum absolute atomic E-state index is 12.9. The van der Waals surface area contributed by atoms with Crippen LogP contribution in [-0.4, -0.2) is 42.6 Å². The molecular formula is C15H30N2O2. The molecule has 1 heterocycles. The van der Waals surface area contributed by atoms with Crippen LogP contribution < -0.4 is 5.73 Å². The summed E-state index contributed by atoms with van der Waals surface area (Å²) in [5, 5.41) is 0. The molecule has 0 aromatic carbocycles. The molecule has 0 spiro atoms.